The van der Waals surface area contributed by atoms with Crippen molar-refractivity contribution in [2.24, 2.45) is 4.99 Å². The molecule has 0 aromatic heterocycles. The summed E-state index contributed by atoms with van der Waals surface area (Å²) in [4.78, 5) is 19.5. The molecule has 1 amide bonds. The first-order chi connectivity index (χ1) is 15.0. The van der Waals surface area contributed by atoms with Crippen molar-refractivity contribution in [1.29, 1.82) is 0 Å². The number of hydrogen-bond donors (Lipinski definition) is 2. The van der Waals surface area contributed by atoms with Crippen molar-refractivity contribution in [1.82, 2.24) is 15.5 Å². The highest BCUT2D eigenvalue weighted by atomic mass is 32.2. The zero-order valence-electron chi connectivity index (χ0n) is 18.9. The molecule has 0 aliphatic heterocycles. The van der Waals surface area contributed by atoms with E-state index in [1.54, 1.807) is 19.0 Å². The Labute approximate surface area is 190 Å². The van der Waals surface area contributed by atoms with Gasteiger partial charge in [-0.15, -0.1) is 11.8 Å². The average Bonchev–Trinajstić information content (AvgIpc) is 3.25. The largest absolute Gasteiger partial charge is 0.356 e. The van der Waals surface area contributed by atoms with Crippen LogP contribution in [0.15, 0.2) is 64.5 Å². The van der Waals surface area contributed by atoms with E-state index in [2.05, 4.69) is 52.0 Å². The van der Waals surface area contributed by atoms with Crippen LogP contribution in [-0.2, 0) is 6.42 Å². The molecule has 0 heterocycles. The number of hydrogen-bond acceptors (Lipinski definition) is 3. The molecule has 2 aromatic rings. The van der Waals surface area contributed by atoms with Crippen molar-refractivity contribution < 1.29 is 4.79 Å². The molecule has 0 unspecified atom stereocenters. The molecular weight excluding hydrogens is 404 g/mol. The fraction of sp³-hybridized carbons (Fsp3) is 0.440. The molecule has 166 valence electrons. The zero-order chi connectivity index (χ0) is 22.1. The number of carbonyl (C=O) groups is 1. The lowest BCUT2D eigenvalue weighted by Crippen LogP contribution is -2.45. The van der Waals surface area contributed by atoms with E-state index >= 15 is 0 Å². The highest BCUT2D eigenvalue weighted by molar-refractivity contribution is 8.00. The molecule has 2 aromatic carbocycles. The predicted molar refractivity (Wildman–Crippen MR) is 131 cm³/mol. The Morgan fingerprint density at radius 3 is 2.48 bits per heavy atom. The van der Waals surface area contributed by atoms with Gasteiger partial charge in [0.1, 0.15) is 0 Å². The molecule has 0 bridgehead atoms. The first-order valence-corrected chi connectivity index (χ1v) is 11.8. The van der Waals surface area contributed by atoms with Crippen LogP contribution in [0.2, 0.25) is 0 Å². The molecule has 1 fully saturated rings. The Hall–Kier alpha value is -2.47. The van der Waals surface area contributed by atoms with E-state index in [0.717, 1.165) is 36.6 Å². The Kier molecular flexibility index (Phi) is 8.41. The van der Waals surface area contributed by atoms with Gasteiger partial charge in [0.15, 0.2) is 5.96 Å². The van der Waals surface area contributed by atoms with Gasteiger partial charge in [-0.3, -0.25) is 9.79 Å². The lowest BCUT2D eigenvalue weighted by molar-refractivity contribution is 0.0827. The summed E-state index contributed by atoms with van der Waals surface area (Å²) >= 11 is 2.00. The Morgan fingerprint density at radius 2 is 1.81 bits per heavy atom. The van der Waals surface area contributed by atoms with Crippen molar-refractivity contribution in [2.75, 3.05) is 34.2 Å². The SMILES string of the molecule is CN=C(NCCc1cccc(C(=O)N(C)C)c1)NCC1(Sc2ccccc2)CCCC1. The summed E-state index contributed by atoms with van der Waals surface area (Å²) in [7, 11) is 5.37. The van der Waals surface area contributed by atoms with E-state index in [-0.39, 0.29) is 10.7 Å². The molecule has 2 N–H and O–H groups in total. The molecule has 3 rings (SSSR count). The Bertz CT molecular complexity index is 876. The van der Waals surface area contributed by atoms with Gasteiger partial charge in [0, 0.05) is 49.4 Å². The molecule has 31 heavy (non-hydrogen) atoms. The number of nitrogens with zero attached hydrogens (tertiary/aromatic N) is 2. The van der Waals surface area contributed by atoms with E-state index in [9.17, 15) is 4.79 Å². The van der Waals surface area contributed by atoms with Crippen LogP contribution in [0, 0.1) is 0 Å². The van der Waals surface area contributed by atoms with Crippen LogP contribution in [0.1, 0.15) is 41.6 Å². The standard InChI is InChI=1S/C25H34N4OS/c1-26-24(27-17-14-20-10-9-11-21(18-20)23(30)29(2)3)28-19-25(15-7-8-16-25)31-22-12-5-4-6-13-22/h4-6,9-13,18H,7-8,14-17,19H2,1-3H3,(H2,26,27,28). The van der Waals surface area contributed by atoms with Crippen LogP contribution in [0.25, 0.3) is 0 Å². The minimum absolute atomic E-state index is 0.0325. The van der Waals surface area contributed by atoms with Gasteiger partial charge in [0.2, 0.25) is 0 Å². The number of aliphatic imine (C=N–C) groups is 1. The van der Waals surface area contributed by atoms with Gasteiger partial charge in [0.05, 0.1) is 0 Å². The van der Waals surface area contributed by atoms with Crippen LogP contribution >= 0.6 is 11.8 Å². The van der Waals surface area contributed by atoms with Gasteiger partial charge in [-0.05, 0) is 49.1 Å². The quantitative estimate of drug-likeness (QED) is 0.479. The number of benzene rings is 2. The van der Waals surface area contributed by atoms with Gasteiger partial charge in [-0.1, -0.05) is 43.2 Å². The molecular formula is C25H34N4OS. The highest BCUT2D eigenvalue weighted by Gasteiger charge is 2.35. The molecule has 5 nitrogen and oxygen atoms in total. The maximum absolute atomic E-state index is 12.2. The van der Waals surface area contributed by atoms with Crippen molar-refractivity contribution in [3.8, 4) is 0 Å². The third kappa shape index (κ3) is 6.76. The number of nitrogens with one attached hydrogen (secondary N) is 2. The predicted octanol–water partition coefficient (Wildman–Crippen LogP) is 4.20. The third-order valence-electron chi connectivity index (χ3n) is 5.68. The highest BCUT2D eigenvalue weighted by Crippen LogP contribution is 2.44. The zero-order valence-corrected chi connectivity index (χ0v) is 19.7. The topological polar surface area (TPSA) is 56.7 Å². The van der Waals surface area contributed by atoms with Crippen molar-refractivity contribution >= 4 is 23.6 Å². The lowest BCUT2D eigenvalue weighted by Gasteiger charge is -2.29. The summed E-state index contributed by atoms with van der Waals surface area (Å²) in [5.74, 6) is 0.866. The van der Waals surface area contributed by atoms with E-state index < -0.39 is 0 Å². The lowest BCUT2D eigenvalue weighted by atomic mass is 10.1. The molecule has 0 radical (unpaired) electrons. The maximum atomic E-state index is 12.2. The summed E-state index contributed by atoms with van der Waals surface area (Å²) in [5, 5.41) is 6.99. The molecule has 1 aliphatic rings. The van der Waals surface area contributed by atoms with Crippen LogP contribution in [0.5, 0.6) is 0 Å². The first kappa shape index (κ1) is 23.2. The van der Waals surface area contributed by atoms with E-state index in [1.807, 2.05) is 37.0 Å². The van der Waals surface area contributed by atoms with Crippen LogP contribution in [0.3, 0.4) is 0 Å². The van der Waals surface area contributed by atoms with E-state index in [0.29, 0.717) is 0 Å². The first-order valence-electron chi connectivity index (χ1n) is 11.0. The fourth-order valence-corrected chi connectivity index (χ4v) is 5.41. The number of guanidine groups is 1. The van der Waals surface area contributed by atoms with Crippen LogP contribution in [0.4, 0.5) is 0 Å². The van der Waals surface area contributed by atoms with Crippen LogP contribution < -0.4 is 10.6 Å². The van der Waals surface area contributed by atoms with Gasteiger partial charge >= 0.3 is 0 Å². The second kappa shape index (κ2) is 11.2. The van der Waals surface area contributed by atoms with Gasteiger partial charge in [0.25, 0.3) is 5.91 Å². The second-order valence-corrected chi connectivity index (χ2v) is 9.85. The normalized spacial score (nSPS) is 15.5. The molecule has 0 spiro atoms. The number of carbonyl (C=O) groups excluding carboxylic acids is 1. The summed E-state index contributed by atoms with van der Waals surface area (Å²) in [5.41, 5.74) is 1.87. The van der Waals surface area contributed by atoms with Crippen molar-refractivity contribution in [3.63, 3.8) is 0 Å². The Morgan fingerprint density at radius 1 is 1.06 bits per heavy atom. The summed E-state index contributed by atoms with van der Waals surface area (Å²) in [6, 6.07) is 18.6. The van der Waals surface area contributed by atoms with Gasteiger partial charge in [-0.2, -0.15) is 0 Å². The smallest absolute Gasteiger partial charge is 0.253 e. The minimum Gasteiger partial charge on any atom is -0.356 e. The molecule has 6 heteroatoms. The van der Waals surface area contributed by atoms with Crippen molar-refractivity contribution in [3.05, 3.63) is 65.7 Å². The summed E-state index contributed by atoms with van der Waals surface area (Å²) < 4.78 is 0.222. The van der Waals surface area contributed by atoms with E-state index in [1.165, 1.54) is 30.6 Å². The molecule has 0 atom stereocenters. The molecule has 0 saturated heterocycles. The number of thioether (sulfide) groups is 1. The minimum atomic E-state index is 0.0325. The maximum Gasteiger partial charge on any atom is 0.253 e. The number of rotatable bonds is 8. The van der Waals surface area contributed by atoms with Crippen molar-refractivity contribution in [2.45, 2.75) is 41.7 Å². The fourth-order valence-electron chi connectivity index (χ4n) is 3.98. The second-order valence-electron chi connectivity index (χ2n) is 8.31. The molecule has 1 saturated carbocycles. The third-order valence-corrected chi connectivity index (χ3v) is 7.17. The van der Waals surface area contributed by atoms with Gasteiger partial charge < -0.3 is 15.5 Å². The average molecular weight is 439 g/mol. The van der Waals surface area contributed by atoms with Crippen LogP contribution in [-0.4, -0.2) is 55.7 Å². The van der Waals surface area contributed by atoms with Gasteiger partial charge in [-0.25, -0.2) is 0 Å². The monoisotopic (exact) mass is 438 g/mol. The summed E-state index contributed by atoms with van der Waals surface area (Å²) in [6.07, 6.45) is 5.86. The number of amides is 1. The molecule has 1 aliphatic carbocycles. The summed E-state index contributed by atoms with van der Waals surface area (Å²) in [6.45, 7) is 1.66. The Balaban J connectivity index is 1.51. The van der Waals surface area contributed by atoms with E-state index in [4.69, 9.17) is 0 Å².